The van der Waals surface area contributed by atoms with Crippen LogP contribution in [0.2, 0.25) is 0 Å². The zero-order chi connectivity index (χ0) is 11.6. The largest absolute Gasteiger partial charge is 0.336 e. The zero-order valence-electron chi connectivity index (χ0n) is 9.95. The highest BCUT2D eigenvalue weighted by Gasteiger charge is 2.50. The summed E-state index contributed by atoms with van der Waals surface area (Å²) in [5.74, 6) is 0.822. The van der Waals surface area contributed by atoms with Crippen molar-refractivity contribution in [1.82, 2.24) is 4.90 Å². The number of amides is 1. The number of rotatable bonds is 4. The molecule has 2 fully saturated rings. The molecule has 88 valence electrons. The lowest BCUT2D eigenvalue weighted by molar-refractivity contribution is -0.134. The van der Waals surface area contributed by atoms with Crippen LogP contribution in [0, 0.1) is 5.92 Å². The van der Waals surface area contributed by atoms with Gasteiger partial charge in [0.15, 0.2) is 0 Å². The molecule has 1 amide bonds. The van der Waals surface area contributed by atoms with Crippen LogP contribution in [0.1, 0.15) is 38.5 Å². The Morgan fingerprint density at radius 2 is 2.31 bits per heavy atom. The smallest absolute Gasteiger partial charge is 0.223 e. The van der Waals surface area contributed by atoms with Gasteiger partial charge >= 0.3 is 0 Å². The second kappa shape index (κ2) is 4.44. The molecule has 0 aromatic rings. The third-order valence-corrected chi connectivity index (χ3v) is 4.26. The Balaban J connectivity index is 2.26. The standard InChI is InChI=1S/C14H21NO/c1-3-5-9-14-10-8-13(16)15(14)11-6-7-12(14)4-2/h3-4,12H,1-2,5-11H2/t12-,14+/m1/s1. The van der Waals surface area contributed by atoms with Gasteiger partial charge in [-0.1, -0.05) is 12.2 Å². The average molecular weight is 219 g/mol. The van der Waals surface area contributed by atoms with E-state index in [9.17, 15) is 4.79 Å². The van der Waals surface area contributed by atoms with E-state index in [4.69, 9.17) is 0 Å². The maximum Gasteiger partial charge on any atom is 0.223 e. The van der Waals surface area contributed by atoms with Crippen LogP contribution < -0.4 is 0 Å². The summed E-state index contributed by atoms with van der Waals surface area (Å²) < 4.78 is 0. The van der Waals surface area contributed by atoms with Gasteiger partial charge in [0.2, 0.25) is 5.91 Å². The summed E-state index contributed by atoms with van der Waals surface area (Å²) in [6.45, 7) is 8.70. The van der Waals surface area contributed by atoms with Crippen LogP contribution in [0.25, 0.3) is 0 Å². The minimum atomic E-state index is 0.0747. The van der Waals surface area contributed by atoms with Crippen LogP contribution in [-0.2, 0) is 4.79 Å². The molecular weight excluding hydrogens is 198 g/mol. The van der Waals surface area contributed by atoms with Gasteiger partial charge in [-0.25, -0.2) is 0 Å². The number of fused-ring (bicyclic) bond motifs is 1. The number of carbonyl (C=O) groups excluding carboxylic acids is 1. The average Bonchev–Trinajstić information content (AvgIpc) is 2.65. The van der Waals surface area contributed by atoms with Crippen molar-refractivity contribution in [3.8, 4) is 0 Å². The third kappa shape index (κ3) is 1.60. The van der Waals surface area contributed by atoms with E-state index in [0.717, 1.165) is 38.6 Å². The maximum absolute atomic E-state index is 11.9. The van der Waals surface area contributed by atoms with Crippen LogP contribution in [-0.4, -0.2) is 22.9 Å². The van der Waals surface area contributed by atoms with E-state index in [0.29, 0.717) is 11.8 Å². The summed E-state index contributed by atoms with van der Waals surface area (Å²) >= 11 is 0. The molecule has 0 N–H and O–H groups in total. The predicted octanol–water partition coefficient (Wildman–Crippen LogP) is 2.91. The van der Waals surface area contributed by atoms with Crippen molar-refractivity contribution in [2.24, 2.45) is 5.92 Å². The first kappa shape index (κ1) is 11.4. The quantitative estimate of drug-likeness (QED) is 0.666. The Labute approximate surface area is 98.0 Å². The van der Waals surface area contributed by atoms with Gasteiger partial charge in [-0.15, -0.1) is 13.2 Å². The molecule has 0 aliphatic carbocycles. The van der Waals surface area contributed by atoms with Crippen molar-refractivity contribution in [3.63, 3.8) is 0 Å². The van der Waals surface area contributed by atoms with E-state index >= 15 is 0 Å². The summed E-state index contributed by atoms with van der Waals surface area (Å²) in [6.07, 6.45) is 10.1. The predicted molar refractivity (Wildman–Crippen MR) is 66.0 cm³/mol. The molecular formula is C14H21NO. The minimum Gasteiger partial charge on any atom is -0.336 e. The molecule has 2 heteroatoms. The topological polar surface area (TPSA) is 20.3 Å². The summed E-state index contributed by atoms with van der Waals surface area (Å²) in [7, 11) is 0. The van der Waals surface area contributed by atoms with Gasteiger partial charge in [-0.3, -0.25) is 4.79 Å². The molecule has 0 radical (unpaired) electrons. The van der Waals surface area contributed by atoms with Crippen molar-refractivity contribution < 1.29 is 4.79 Å². The van der Waals surface area contributed by atoms with E-state index in [2.05, 4.69) is 24.1 Å². The first-order chi connectivity index (χ1) is 7.74. The van der Waals surface area contributed by atoms with Crippen molar-refractivity contribution in [1.29, 1.82) is 0 Å². The van der Waals surface area contributed by atoms with Crippen LogP contribution in [0.3, 0.4) is 0 Å². The van der Waals surface area contributed by atoms with Crippen molar-refractivity contribution >= 4 is 5.91 Å². The Kier molecular flexibility index (Phi) is 3.17. The molecule has 2 rings (SSSR count). The van der Waals surface area contributed by atoms with Crippen LogP contribution in [0.4, 0.5) is 0 Å². The molecule has 0 aromatic carbocycles. The van der Waals surface area contributed by atoms with Gasteiger partial charge in [0.05, 0.1) is 0 Å². The molecule has 0 bridgehead atoms. The van der Waals surface area contributed by atoms with Gasteiger partial charge in [-0.2, -0.15) is 0 Å². The Bertz CT molecular complexity index is 310. The fourth-order valence-corrected chi connectivity index (χ4v) is 3.45. The number of nitrogens with zero attached hydrogens (tertiary/aromatic N) is 1. The second-order valence-corrected chi connectivity index (χ2v) is 4.96. The SMILES string of the molecule is C=CCC[C@@]12CCC(=O)N1CCC[C@H]2C=C. The van der Waals surface area contributed by atoms with Gasteiger partial charge < -0.3 is 4.90 Å². The van der Waals surface area contributed by atoms with E-state index in [-0.39, 0.29) is 5.54 Å². The highest BCUT2D eigenvalue weighted by molar-refractivity contribution is 5.80. The molecule has 2 heterocycles. The molecule has 2 nitrogen and oxygen atoms in total. The van der Waals surface area contributed by atoms with Crippen LogP contribution in [0.15, 0.2) is 25.3 Å². The highest BCUT2D eigenvalue weighted by atomic mass is 16.2. The Morgan fingerprint density at radius 3 is 3.00 bits per heavy atom. The van der Waals surface area contributed by atoms with Gasteiger partial charge in [0, 0.05) is 18.5 Å². The van der Waals surface area contributed by atoms with E-state index in [1.54, 1.807) is 0 Å². The van der Waals surface area contributed by atoms with Crippen LogP contribution >= 0.6 is 0 Å². The number of hydrogen-bond donors (Lipinski definition) is 0. The van der Waals surface area contributed by atoms with Gasteiger partial charge in [0.1, 0.15) is 0 Å². The normalized spacial score (nSPS) is 33.6. The Hall–Kier alpha value is -1.05. The van der Waals surface area contributed by atoms with E-state index in [1.807, 2.05) is 6.08 Å². The van der Waals surface area contributed by atoms with E-state index in [1.165, 1.54) is 6.42 Å². The molecule has 16 heavy (non-hydrogen) atoms. The summed E-state index contributed by atoms with van der Waals surface area (Å²) in [5, 5.41) is 0. The van der Waals surface area contributed by atoms with Crippen molar-refractivity contribution in [2.75, 3.05) is 6.54 Å². The monoisotopic (exact) mass is 219 g/mol. The highest BCUT2D eigenvalue weighted by Crippen LogP contribution is 2.45. The van der Waals surface area contributed by atoms with Crippen molar-refractivity contribution in [3.05, 3.63) is 25.3 Å². The van der Waals surface area contributed by atoms with Gasteiger partial charge in [0.25, 0.3) is 0 Å². The number of carbonyl (C=O) groups is 1. The molecule has 0 unspecified atom stereocenters. The summed E-state index contributed by atoms with van der Waals surface area (Å²) in [5.41, 5.74) is 0.0747. The van der Waals surface area contributed by atoms with E-state index < -0.39 is 0 Å². The number of hydrogen-bond acceptors (Lipinski definition) is 1. The third-order valence-electron chi connectivity index (χ3n) is 4.26. The molecule has 2 aliphatic rings. The summed E-state index contributed by atoms with van der Waals surface area (Å²) in [6, 6.07) is 0. The molecule has 2 aliphatic heterocycles. The minimum absolute atomic E-state index is 0.0747. The molecule has 2 atom stereocenters. The lowest BCUT2D eigenvalue weighted by Crippen LogP contribution is -2.54. The molecule has 2 saturated heterocycles. The molecule has 0 aromatic heterocycles. The second-order valence-electron chi connectivity index (χ2n) is 4.96. The molecule has 0 saturated carbocycles. The zero-order valence-corrected chi connectivity index (χ0v) is 9.95. The molecule has 0 spiro atoms. The fraction of sp³-hybridized carbons (Fsp3) is 0.643. The number of allylic oxidation sites excluding steroid dienone is 1. The lowest BCUT2D eigenvalue weighted by atomic mass is 9.73. The number of piperidine rings is 1. The first-order valence-electron chi connectivity index (χ1n) is 6.28. The lowest BCUT2D eigenvalue weighted by Gasteiger charge is -2.47. The van der Waals surface area contributed by atoms with Crippen LogP contribution in [0.5, 0.6) is 0 Å². The van der Waals surface area contributed by atoms with Gasteiger partial charge in [-0.05, 0) is 38.0 Å². The fourth-order valence-electron chi connectivity index (χ4n) is 3.45. The Morgan fingerprint density at radius 1 is 1.50 bits per heavy atom. The maximum atomic E-state index is 11.9. The van der Waals surface area contributed by atoms with Crippen molar-refractivity contribution in [2.45, 2.75) is 44.1 Å². The summed E-state index contributed by atoms with van der Waals surface area (Å²) in [4.78, 5) is 14.0. The first-order valence-corrected chi connectivity index (χ1v) is 6.28.